The Morgan fingerprint density at radius 1 is 1.07 bits per heavy atom. The van der Waals surface area contributed by atoms with Crippen LogP contribution in [0.1, 0.15) is 29.2 Å². The van der Waals surface area contributed by atoms with Crippen LogP contribution in [0.4, 0.5) is 0 Å². The van der Waals surface area contributed by atoms with Crippen LogP contribution in [-0.2, 0) is 13.0 Å². The fourth-order valence-electron chi connectivity index (χ4n) is 3.38. The topological polar surface area (TPSA) is 34.6 Å². The molecule has 0 aliphatic carbocycles. The number of fused-ring (bicyclic) bond motifs is 1. The normalized spacial score (nSPS) is 15.9. The molecule has 1 aliphatic rings. The van der Waals surface area contributed by atoms with Crippen molar-refractivity contribution in [2.75, 3.05) is 14.1 Å². The van der Waals surface area contributed by atoms with Crippen molar-refractivity contribution < 1.29 is 9.47 Å². The fourth-order valence-corrected chi connectivity index (χ4v) is 3.38. The zero-order valence-electron chi connectivity index (χ0n) is 15.8. The Hall–Kier alpha value is -2.85. The quantitative estimate of drug-likeness (QED) is 0.641. The van der Waals surface area contributed by atoms with Crippen molar-refractivity contribution in [1.29, 1.82) is 0 Å². The van der Waals surface area contributed by atoms with Crippen LogP contribution in [0.2, 0.25) is 0 Å². The smallest absolute Gasteiger partial charge is 0.219 e. The van der Waals surface area contributed by atoms with Crippen molar-refractivity contribution in [3.05, 3.63) is 83.6 Å². The predicted octanol–water partition coefficient (Wildman–Crippen LogP) is 5.00. The van der Waals surface area contributed by atoms with Gasteiger partial charge in [0.25, 0.3) is 0 Å². The van der Waals surface area contributed by atoms with E-state index < -0.39 is 0 Å². The molecule has 2 heterocycles. The molecule has 138 valence electrons. The van der Waals surface area contributed by atoms with E-state index in [0.29, 0.717) is 5.88 Å². The maximum atomic E-state index is 6.20. The largest absolute Gasteiger partial charge is 0.485 e. The summed E-state index contributed by atoms with van der Waals surface area (Å²) in [5.74, 6) is 2.34. The van der Waals surface area contributed by atoms with Gasteiger partial charge in [0.15, 0.2) is 0 Å². The first-order valence-electron chi connectivity index (χ1n) is 9.29. The number of rotatable bonds is 5. The Morgan fingerprint density at radius 2 is 1.93 bits per heavy atom. The number of ether oxygens (including phenoxy) is 2. The van der Waals surface area contributed by atoms with Gasteiger partial charge in [0.05, 0.1) is 0 Å². The molecular weight excluding hydrogens is 336 g/mol. The molecule has 0 N–H and O–H groups in total. The van der Waals surface area contributed by atoms with Gasteiger partial charge >= 0.3 is 0 Å². The van der Waals surface area contributed by atoms with Crippen LogP contribution in [0.15, 0.2) is 66.9 Å². The summed E-state index contributed by atoms with van der Waals surface area (Å²) in [6.07, 6.45) is 3.93. The molecule has 0 saturated heterocycles. The summed E-state index contributed by atoms with van der Waals surface area (Å²) in [6, 6.07) is 20.4. The van der Waals surface area contributed by atoms with Crippen molar-refractivity contribution in [3.63, 3.8) is 0 Å². The van der Waals surface area contributed by atoms with E-state index in [1.807, 2.05) is 50.6 Å². The molecular formula is C23H24N2O2. The Labute approximate surface area is 160 Å². The van der Waals surface area contributed by atoms with Gasteiger partial charge in [0.1, 0.15) is 17.6 Å². The standard InChI is InChI=1S/C23H24N2O2/c1-25(2)16-17-8-13-23(24-15-17)26-20-10-12-22-19(14-20)9-11-21(27-22)18-6-4-3-5-7-18/h3-8,10,12-15,21H,9,11,16H2,1-2H3. The van der Waals surface area contributed by atoms with Crippen molar-refractivity contribution in [1.82, 2.24) is 9.88 Å². The molecule has 0 spiro atoms. The fraction of sp³-hybridized carbons (Fsp3) is 0.261. The average molecular weight is 360 g/mol. The highest BCUT2D eigenvalue weighted by Gasteiger charge is 2.21. The second-order valence-electron chi connectivity index (χ2n) is 7.17. The molecule has 0 bridgehead atoms. The maximum absolute atomic E-state index is 6.20. The minimum absolute atomic E-state index is 0.122. The van der Waals surface area contributed by atoms with Gasteiger partial charge in [-0.05, 0) is 61.8 Å². The molecule has 27 heavy (non-hydrogen) atoms. The van der Waals surface area contributed by atoms with E-state index in [-0.39, 0.29) is 6.10 Å². The lowest BCUT2D eigenvalue weighted by Gasteiger charge is -2.26. The minimum atomic E-state index is 0.122. The second-order valence-corrected chi connectivity index (χ2v) is 7.17. The van der Waals surface area contributed by atoms with Gasteiger partial charge in [-0.15, -0.1) is 0 Å². The summed E-state index contributed by atoms with van der Waals surface area (Å²) in [4.78, 5) is 6.53. The predicted molar refractivity (Wildman–Crippen MR) is 106 cm³/mol. The number of hydrogen-bond acceptors (Lipinski definition) is 4. The SMILES string of the molecule is CN(C)Cc1ccc(Oc2ccc3c(c2)CCC(c2ccccc2)O3)nc1. The maximum Gasteiger partial charge on any atom is 0.219 e. The molecule has 3 aromatic rings. The summed E-state index contributed by atoms with van der Waals surface area (Å²) in [6.45, 7) is 0.867. The van der Waals surface area contributed by atoms with Gasteiger partial charge in [-0.1, -0.05) is 36.4 Å². The van der Waals surface area contributed by atoms with E-state index in [2.05, 4.69) is 40.2 Å². The molecule has 4 heteroatoms. The Kier molecular flexibility index (Phi) is 5.07. The van der Waals surface area contributed by atoms with Crippen LogP contribution in [0, 0.1) is 0 Å². The lowest BCUT2D eigenvalue weighted by atomic mass is 9.97. The zero-order valence-corrected chi connectivity index (χ0v) is 15.8. The minimum Gasteiger partial charge on any atom is -0.485 e. The van der Waals surface area contributed by atoms with Crippen molar-refractivity contribution in [3.8, 4) is 17.4 Å². The van der Waals surface area contributed by atoms with Gasteiger partial charge in [0, 0.05) is 18.8 Å². The van der Waals surface area contributed by atoms with Gasteiger partial charge in [-0.3, -0.25) is 0 Å². The van der Waals surface area contributed by atoms with Gasteiger partial charge in [0.2, 0.25) is 5.88 Å². The molecule has 0 amide bonds. The molecule has 1 atom stereocenters. The van der Waals surface area contributed by atoms with Crippen molar-refractivity contribution in [2.45, 2.75) is 25.5 Å². The van der Waals surface area contributed by atoms with Crippen LogP contribution in [0.25, 0.3) is 0 Å². The Morgan fingerprint density at radius 3 is 2.67 bits per heavy atom. The first-order valence-corrected chi connectivity index (χ1v) is 9.29. The Balaban J connectivity index is 1.45. The van der Waals surface area contributed by atoms with Gasteiger partial charge in [-0.25, -0.2) is 4.98 Å². The number of nitrogens with zero attached hydrogens (tertiary/aromatic N) is 2. The number of pyridine rings is 1. The number of hydrogen-bond donors (Lipinski definition) is 0. The summed E-state index contributed by atoms with van der Waals surface area (Å²) >= 11 is 0. The van der Waals surface area contributed by atoms with Crippen molar-refractivity contribution in [2.24, 2.45) is 0 Å². The van der Waals surface area contributed by atoms with E-state index in [1.165, 1.54) is 11.1 Å². The van der Waals surface area contributed by atoms with E-state index >= 15 is 0 Å². The summed E-state index contributed by atoms with van der Waals surface area (Å²) in [7, 11) is 4.09. The molecule has 0 radical (unpaired) electrons. The lowest BCUT2D eigenvalue weighted by molar-refractivity contribution is 0.176. The third-order valence-electron chi connectivity index (χ3n) is 4.67. The van der Waals surface area contributed by atoms with E-state index in [4.69, 9.17) is 9.47 Å². The van der Waals surface area contributed by atoms with Crippen LogP contribution < -0.4 is 9.47 Å². The first kappa shape index (κ1) is 17.6. The molecule has 4 nitrogen and oxygen atoms in total. The molecule has 0 fully saturated rings. The van der Waals surface area contributed by atoms with Crippen LogP contribution in [0.3, 0.4) is 0 Å². The van der Waals surface area contributed by atoms with Gasteiger partial charge in [-0.2, -0.15) is 0 Å². The van der Waals surface area contributed by atoms with E-state index in [0.717, 1.165) is 36.4 Å². The number of aryl methyl sites for hydroxylation is 1. The molecule has 2 aromatic carbocycles. The first-order chi connectivity index (χ1) is 13.2. The molecule has 1 aliphatic heterocycles. The molecule has 0 saturated carbocycles. The highest BCUT2D eigenvalue weighted by Crippen LogP contribution is 2.37. The number of benzene rings is 2. The average Bonchev–Trinajstić information content (AvgIpc) is 2.69. The number of aromatic nitrogens is 1. The highest BCUT2D eigenvalue weighted by molar-refractivity contribution is 5.43. The monoisotopic (exact) mass is 360 g/mol. The molecule has 1 unspecified atom stereocenters. The summed E-state index contributed by atoms with van der Waals surface area (Å²) < 4.78 is 12.1. The van der Waals surface area contributed by atoms with Crippen LogP contribution in [0.5, 0.6) is 17.4 Å². The molecule has 4 rings (SSSR count). The Bertz CT molecular complexity index is 892. The van der Waals surface area contributed by atoms with Crippen LogP contribution in [-0.4, -0.2) is 24.0 Å². The third-order valence-corrected chi connectivity index (χ3v) is 4.67. The van der Waals surface area contributed by atoms with Crippen molar-refractivity contribution >= 4 is 0 Å². The van der Waals surface area contributed by atoms with Gasteiger partial charge < -0.3 is 14.4 Å². The molecule has 1 aromatic heterocycles. The second kappa shape index (κ2) is 7.80. The van der Waals surface area contributed by atoms with E-state index in [9.17, 15) is 0 Å². The summed E-state index contributed by atoms with van der Waals surface area (Å²) in [5, 5.41) is 0. The summed E-state index contributed by atoms with van der Waals surface area (Å²) in [5.41, 5.74) is 3.58. The lowest BCUT2D eigenvalue weighted by Crippen LogP contribution is -2.15. The zero-order chi connectivity index (χ0) is 18.6. The van der Waals surface area contributed by atoms with E-state index in [1.54, 1.807) is 0 Å². The highest BCUT2D eigenvalue weighted by atomic mass is 16.5. The van der Waals surface area contributed by atoms with Crippen LogP contribution >= 0.6 is 0 Å². The third kappa shape index (κ3) is 4.29.